The van der Waals surface area contributed by atoms with Crippen molar-refractivity contribution in [3.63, 3.8) is 0 Å². The molecular formula is C8H3F7. The van der Waals surface area contributed by atoms with E-state index in [1.807, 2.05) is 0 Å². The summed E-state index contributed by atoms with van der Waals surface area (Å²) in [6, 6.07) is -0.126. The molecule has 1 aromatic carbocycles. The summed E-state index contributed by atoms with van der Waals surface area (Å²) in [5.74, 6) is -7.89. The van der Waals surface area contributed by atoms with Crippen LogP contribution in [0.25, 0.3) is 0 Å². The number of halogens is 7. The molecule has 1 rings (SSSR count). The molecule has 0 heterocycles. The third-order valence-electron chi connectivity index (χ3n) is 1.59. The van der Waals surface area contributed by atoms with E-state index in [0.717, 1.165) is 0 Å². The second kappa shape index (κ2) is 3.71. The Labute approximate surface area is 79.3 Å². The van der Waals surface area contributed by atoms with Crippen molar-refractivity contribution in [3.8, 4) is 0 Å². The molecule has 1 aromatic rings. The van der Waals surface area contributed by atoms with Gasteiger partial charge in [-0.2, -0.15) is 13.2 Å². The first-order valence-electron chi connectivity index (χ1n) is 3.61. The van der Waals surface area contributed by atoms with Crippen molar-refractivity contribution in [2.24, 2.45) is 0 Å². The molecule has 84 valence electrons. The zero-order chi connectivity index (χ0) is 11.8. The highest BCUT2D eigenvalue weighted by molar-refractivity contribution is 5.23. The summed E-state index contributed by atoms with van der Waals surface area (Å²) in [7, 11) is 0. The highest BCUT2D eigenvalue weighted by Gasteiger charge is 2.32. The van der Waals surface area contributed by atoms with Crippen LogP contribution in [0.15, 0.2) is 6.07 Å². The van der Waals surface area contributed by atoms with E-state index in [1.165, 1.54) is 0 Å². The number of hydrogen-bond acceptors (Lipinski definition) is 0. The fourth-order valence-corrected chi connectivity index (χ4v) is 0.966. The van der Waals surface area contributed by atoms with Crippen molar-refractivity contribution in [1.82, 2.24) is 0 Å². The Balaban J connectivity index is 3.24. The zero-order valence-electron chi connectivity index (χ0n) is 6.93. The lowest BCUT2D eigenvalue weighted by atomic mass is 10.1. The smallest absolute Gasteiger partial charge is 0.206 e. The van der Waals surface area contributed by atoms with E-state index < -0.39 is 41.4 Å². The molecule has 0 aliphatic rings. The molecule has 0 spiro atoms. The van der Waals surface area contributed by atoms with Crippen LogP contribution in [0.3, 0.4) is 0 Å². The van der Waals surface area contributed by atoms with Crippen LogP contribution in [-0.4, -0.2) is 6.18 Å². The third-order valence-corrected chi connectivity index (χ3v) is 1.59. The molecule has 15 heavy (non-hydrogen) atoms. The van der Waals surface area contributed by atoms with Gasteiger partial charge in [0.05, 0.1) is 6.42 Å². The van der Waals surface area contributed by atoms with Crippen molar-refractivity contribution in [2.75, 3.05) is 0 Å². The predicted octanol–water partition coefficient (Wildman–Crippen LogP) is 3.35. The third kappa shape index (κ3) is 2.60. The highest BCUT2D eigenvalue weighted by atomic mass is 19.4. The van der Waals surface area contributed by atoms with Gasteiger partial charge in [-0.3, -0.25) is 0 Å². The maximum Gasteiger partial charge on any atom is 0.393 e. The molecule has 0 radical (unpaired) electrons. The normalized spacial score (nSPS) is 11.9. The van der Waals surface area contributed by atoms with Crippen LogP contribution < -0.4 is 0 Å². The standard InChI is InChI=1S/C8H3F7/c9-4-1-5(10)7(12)6(11)3(4)2-8(13,14)15/h1H,2H2. The first-order valence-corrected chi connectivity index (χ1v) is 3.61. The molecule has 0 bridgehead atoms. The van der Waals surface area contributed by atoms with Gasteiger partial charge in [0.15, 0.2) is 17.5 Å². The van der Waals surface area contributed by atoms with Gasteiger partial charge in [-0.05, 0) is 0 Å². The van der Waals surface area contributed by atoms with Gasteiger partial charge in [-0.15, -0.1) is 0 Å². The summed E-state index contributed by atoms with van der Waals surface area (Å²) in [5, 5.41) is 0. The van der Waals surface area contributed by atoms with Gasteiger partial charge in [-0.1, -0.05) is 0 Å². The maximum absolute atomic E-state index is 12.7. The van der Waals surface area contributed by atoms with E-state index in [0.29, 0.717) is 0 Å². The lowest BCUT2D eigenvalue weighted by Gasteiger charge is -2.09. The van der Waals surface area contributed by atoms with Crippen molar-refractivity contribution >= 4 is 0 Å². The monoisotopic (exact) mass is 232 g/mol. The van der Waals surface area contributed by atoms with Crippen LogP contribution in [0.5, 0.6) is 0 Å². The molecule has 0 aromatic heterocycles. The van der Waals surface area contributed by atoms with Gasteiger partial charge in [0.25, 0.3) is 0 Å². The molecule has 0 N–H and O–H groups in total. The Morgan fingerprint density at radius 3 is 1.87 bits per heavy atom. The van der Waals surface area contributed by atoms with Crippen molar-refractivity contribution in [2.45, 2.75) is 12.6 Å². The molecule has 0 fully saturated rings. The lowest BCUT2D eigenvalue weighted by molar-refractivity contribution is -0.128. The van der Waals surface area contributed by atoms with E-state index >= 15 is 0 Å². The minimum Gasteiger partial charge on any atom is -0.206 e. The minimum atomic E-state index is -4.90. The Morgan fingerprint density at radius 2 is 1.40 bits per heavy atom. The summed E-state index contributed by atoms with van der Waals surface area (Å²) in [6.07, 6.45) is -6.88. The topological polar surface area (TPSA) is 0 Å². The largest absolute Gasteiger partial charge is 0.393 e. The minimum absolute atomic E-state index is 0.126. The predicted molar refractivity (Wildman–Crippen MR) is 36.0 cm³/mol. The quantitative estimate of drug-likeness (QED) is 0.395. The molecule has 7 heteroatoms. The van der Waals surface area contributed by atoms with Gasteiger partial charge >= 0.3 is 6.18 Å². The fraction of sp³-hybridized carbons (Fsp3) is 0.250. The molecule has 0 atom stereocenters. The lowest BCUT2D eigenvalue weighted by Crippen LogP contribution is -2.15. The molecule has 0 nitrogen and oxygen atoms in total. The average molecular weight is 232 g/mol. The number of rotatable bonds is 1. The second-order valence-electron chi connectivity index (χ2n) is 2.74. The van der Waals surface area contributed by atoms with Gasteiger partial charge < -0.3 is 0 Å². The first kappa shape index (κ1) is 11.8. The van der Waals surface area contributed by atoms with Crippen molar-refractivity contribution in [1.29, 1.82) is 0 Å². The van der Waals surface area contributed by atoms with Crippen LogP contribution in [0.1, 0.15) is 5.56 Å². The average Bonchev–Trinajstić information content (AvgIpc) is 2.07. The molecule has 0 saturated carbocycles. The summed E-state index contributed by atoms with van der Waals surface area (Å²) >= 11 is 0. The molecule has 0 unspecified atom stereocenters. The summed E-state index contributed by atoms with van der Waals surface area (Å²) in [6.45, 7) is 0. The van der Waals surface area contributed by atoms with Crippen LogP contribution >= 0.6 is 0 Å². The van der Waals surface area contributed by atoms with Gasteiger partial charge in [0.1, 0.15) is 5.82 Å². The Morgan fingerprint density at radius 1 is 0.867 bits per heavy atom. The number of hydrogen-bond donors (Lipinski definition) is 0. The molecule has 0 saturated heterocycles. The number of benzene rings is 1. The SMILES string of the molecule is Fc1cc(F)c(CC(F)(F)F)c(F)c1F. The van der Waals surface area contributed by atoms with Gasteiger partial charge in [-0.25, -0.2) is 17.6 Å². The van der Waals surface area contributed by atoms with Gasteiger partial charge in [0, 0.05) is 11.6 Å². The fourth-order valence-electron chi connectivity index (χ4n) is 0.966. The Hall–Kier alpha value is -1.27. The Bertz CT molecular complexity index is 380. The maximum atomic E-state index is 12.7. The van der Waals surface area contributed by atoms with Crippen LogP contribution in [0.2, 0.25) is 0 Å². The van der Waals surface area contributed by atoms with Crippen LogP contribution in [0.4, 0.5) is 30.7 Å². The van der Waals surface area contributed by atoms with E-state index in [-0.39, 0.29) is 6.07 Å². The molecule has 0 aliphatic heterocycles. The number of alkyl halides is 3. The van der Waals surface area contributed by atoms with Gasteiger partial charge in [0.2, 0.25) is 0 Å². The van der Waals surface area contributed by atoms with E-state index in [9.17, 15) is 30.7 Å². The molecular weight excluding hydrogens is 229 g/mol. The molecule has 0 aliphatic carbocycles. The van der Waals surface area contributed by atoms with Crippen molar-refractivity contribution in [3.05, 3.63) is 34.9 Å². The van der Waals surface area contributed by atoms with E-state index in [2.05, 4.69) is 0 Å². The second-order valence-corrected chi connectivity index (χ2v) is 2.74. The summed E-state index contributed by atoms with van der Waals surface area (Å²) in [4.78, 5) is 0. The molecule has 0 amide bonds. The summed E-state index contributed by atoms with van der Waals surface area (Å²) in [5.41, 5.74) is -1.53. The van der Waals surface area contributed by atoms with Crippen LogP contribution in [0, 0.1) is 23.3 Å². The first-order chi connectivity index (χ1) is 6.72. The van der Waals surface area contributed by atoms with E-state index in [4.69, 9.17) is 0 Å². The van der Waals surface area contributed by atoms with Crippen molar-refractivity contribution < 1.29 is 30.7 Å². The highest BCUT2D eigenvalue weighted by Crippen LogP contribution is 2.27. The Kier molecular flexibility index (Phi) is 2.92. The van der Waals surface area contributed by atoms with E-state index in [1.54, 1.807) is 0 Å². The summed E-state index contributed by atoms with van der Waals surface area (Å²) < 4.78 is 85.5. The van der Waals surface area contributed by atoms with Crippen LogP contribution in [-0.2, 0) is 6.42 Å². The zero-order valence-corrected chi connectivity index (χ0v) is 6.93.